The molecule has 10 nitrogen and oxygen atoms in total. The van der Waals surface area contributed by atoms with Crippen molar-refractivity contribution < 1.29 is 28.6 Å². The SMILES string of the molecule is N#Cc1cc(Cl)cc(Oc2c(Cl)ccc(CNC(=O)c3cc4cc(NC(=O)CCNC(=O)O)ccc4[nH]3)c2F)c1. The number of aromatic amines is 1. The van der Waals surface area contributed by atoms with Gasteiger partial charge in [0, 0.05) is 46.7 Å². The maximum absolute atomic E-state index is 15.3. The first-order valence-electron chi connectivity index (χ1n) is 11.7. The largest absolute Gasteiger partial charge is 0.465 e. The molecule has 0 unspecified atom stereocenters. The van der Waals surface area contributed by atoms with Crippen LogP contribution in [0.4, 0.5) is 14.9 Å². The van der Waals surface area contributed by atoms with Crippen molar-refractivity contribution in [3.05, 3.63) is 87.3 Å². The molecule has 40 heavy (non-hydrogen) atoms. The van der Waals surface area contributed by atoms with Crippen LogP contribution in [0.25, 0.3) is 10.9 Å². The average molecular weight is 584 g/mol. The molecule has 0 bridgehead atoms. The predicted molar refractivity (Wildman–Crippen MR) is 146 cm³/mol. The number of rotatable bonds is 9. The zero-order chi connectivity index (χ0) is 28.8. The molecule has 1 heterocycles. The van der Waals surface area contributed by atoms with Crippen LogP contribution in [0.1, 0.15) is 28.0 Å². The second kappa shape index (κ2) is 12.4. The Morgan fingerprint density at radius 1 is 1.05 bits per heavy atom. The number of carbonyl (C=O) groups excluding carboxylic acids is 2. The number of nitrogens with one attached hydrogen (secondary N) is 4. The normalized spacial score (nSPS) is 10.6. The van der Waals surface area contributed by atoms with Crippen LogP contribution < -0.4 is 20.7 Å². The van der Waals surface area contributed by atoms with Gasteiger partial charge in [-0.3, -0.25) is 9.59 Å². The summed E-state index contributed by atoms with van der Waals surface area (Å²) in [5.41, 5.74) is 1.63. The van der Waals surface area contributed by atoms with Gasteiger partial charge >= 0.3 is 6.09 Å². The van der Waals surface area contributed by atoms with E-state index >= 15 is 4.39 Å². The summed E-state index contributed by atoms with van der Waals surface area (Å²) < 4.78 is 20.8. The molecule has 0 spiro atoms. The van der Waals surface area contributed by atoms with Crippen LogP contribution in [-0.2, 0) is 11.3 Å². The van der Waals surface area contributed by atoms with E-state index in [4.69, 9.17) is 38.3 Å². The third-order valence-electron chi connectivity index (χ3n) is 5.57. The number of nitriles is 1. The van der Waals surface area contributed by atoms with Gasteiger partial charge in [0.25, 0.3) is 5.91 Å². The summed E-state index contributed by atoms with van der Waals surface area (Å²) in [6, 6.07) is 15.5. The summed E-state index contributed by atoms with van der Waals surface area (Å²) in [7, 11) is 0. The number of aromatic nitrogens is 1. The molecule has 0 fully saturated rings. The standard InChI is InChI=1S/C27H20Cl2FN5O5/c28-17-7-14(12-31)8-19(11-17)40-25-20(29)3-1-15(24(25)30)13-33-26(37)22-10-16-9-18(2-4-21(16)35-22)34-23(36)5-6-32-27(38)39/h1-4,7-11,32,35H,5-6,13H2,(H,33,37)(H,34,36)(H,38,39). The molecule has 4 aromatic rings. The van der Waals surface area contributed by atoms with E-state index in [1.165, 1.54) is 30.3 Å². The van der Waals surface area contributed by atoms with Crippen LogP contribution in [0.3, 0.4) is 0 Å². The zero-order valence-electron chi connectivity index (χ0n) is 20.5. The molecule has 1 aromatic heterocycles. The molecule has 0 atom stereocenters. The maximum atomic E-state index is 15.3. The molecule has 3 amide bonds. The minimum Gasteiger partial charge on any atom is -0.465 e. The highest BCUT2D eigenvalue weighted by molar-refractivity contribution is 6.32. The Kier molecular flexibility index (Phi) is 8.73. The third kappa shape index (κ3) is 6.99. The number of benzene rings is 3. The zero-order valence-corrected chi connectivity index (χ0v) is 22.0. The van der Waals surface area contributed by atoms with Crippen LogP contribution >= 0.6 is 23.2 Å². The van der Waals surface area contributed by atoms with Crippen molar-refractivity contribution in [2.24, 2.45) is 0 Å². The molecule has 0 aliphatic carbocycles. The highest BCUT2D eigenvalue weighted by Crippen LogP contribution is 2.35. The van der Waals surface area contributed by atoms with Crippen molar-refractivity contribution in [3.8, 4) is 17.6 Å². The number of carboxylic acid groups (broad SMARTS) is 1. The summed E-state index contributed by atoms with van der Waals surface area (Å²) >= 11 is 12.1. The van der Waals surface area contributed by atoms with E-state index in [2.05, 4.69) is 20.9 Å². The summed E-state index contributed by atoms with van der Waals surface area (Å²) in [4.78, 5) is 38.2. The van der Waals surface area contributed by atoms with Crippen LogP contribution in [0, 0.1) is 17.1 Å². The van der Waals surface area contributed by atoms with Gasteiger partial charge in [-0.1, -0.05) is 29.3 Å². The summed E-state index contributed by atoms with van der Waals surface area (Å²) in [6.45, 7) is -0.208. The molecule has 5 N–H and O–H groups in total. The lowest BCUT2D eigenvalue weighted by molar-refractivity contribution is -0.116. The average Bonchev–Trinajstić information content (AvgIpc) is 3.33. The molecule has 0 aliphatic rings. The van der Waals surface area contributed by atoms with Crippen molar-refractivity contribution >= 4 is 57.7 Å². The minimum atomic E-state index is -1.22. The summed E-state index contributed by atoms with van der Waals surface area (Å²) in [6.07, 6.45) is -1.26. The topological polar surface area (TPSA) is 156 Å². The van der Waals surface area contributed by atoms with Gasteiger partial charge in [0.1, 0.15) is 11.4 Å². The number of nitrogens with zero attached hydrogens (tertiary/aromatic N) is 1. The summed E-state index contributed by atoms with van der Waals surface area (Å²) in [5.74, 6) is -1.83. The van der Waals surface area contributed by atoms with E-state index in [-0.39, 0.29) is 63.8 Å². The van der Waals surface area contributed by atoms with Gasteiger partial charge in [0.05, 0.1) is 16.7 Å². The lowest BCUT2D eigenvalue weighted by Crippen LogP contribution is -2.25. The van der Waals surface area contributed by atoms with Crippen molar-refractivity contribution in [2.45, 2.75) is 13.0 Å². The highest BCUT2D eigenvalue weighted by Gasteiger charge is 2.17. The lowest BCUT2D eigenvalue weighted by atomic mass is 10.2. The Morgan fingerprint density at radius 3 is 2.60 bits per heavy atom. The first-order valence-corrected chi connectivity index (χ1v) is 12.4. The van der Waals surface area contributed by atoms with Crippen LogP contribution in [0.2, 0.25) is 10.0 Å². The van der Waals surface area contributed by atoms with Crippen LogP contribution in [-0.4, -0.2) is 34.5 Å². The molecule has 0 saturated carbocycles. The van der Waals surface area contributed by atoms with Gasteiger partial charge in [-0.05, 0) is 48.5 Å². The van der Waals surface area contributed by atoms with Crippen molar-refractivity contribution in [1.82, 2.24) is 15.6 Å². The molecular formula is C27H20Cl2FN5O5. The number of halogens is 3. The summed E-state index contributed by atoms with van der Waals surface area (Å²) in [5, 5.41) is 26.0. The van der Waals surface area contributed by atoms with E-state index in [0.717, 1.165) is 0 Å². The number of anilines is 1. The molecule has 204 valence electrons. The molecule has 0 saturated heterocycles. The fraction of sp³-hybridized carbons (Fsp3) is 0.111. The second-order valence-electron chi connectivity index (χ2n) is 8.44. The predicted octanol–water partition coefficient (Wildman–Crippen LogP) is 5.80. The fourth-order valence-electron chi connectivity index (χ4n) is 3.72. The highest BCUT2D eigenvalue weighted by atomic mass is 35.5. The van der Waals surface area contributed by atoms with Crippen LogP contribution in [0.15, 0.2) is 54.6 Å². The maximum Gasteiger partial charge on any atom is 0.404 e. The number of fused-ring (bicyclic) bond motifs is 1. The van der Waals surface area contributed by atoms with Crippen molar-refractivity contribution in [2.75, 3.05) is 11.9 Å². The minimum absolute atomic E-state index is 0.0114. The Hall–Kier alpha value is -4.79. The number of hydrogen-bond acceptors (Lipinski definition) is 5. The number of carbonyl (C=O) groups is 3. The van der Waals surface area contributed by atoms with Crippen LogP contribution in [0.5, 0.6) is 11.5 Å². The van der Waals surface area contributed by atoms with Crippen molar-refractivity contribution in [3.63, 3.8) is 0 Å². The Balaban J connectivity index is 1.43. The molecule has 13 heteroatoms. The molecule has 4 rings (SSSR count). The third-order valence-corrected chi connectivity index (χ3v) is 6.08. The molecule has 3 aromatic carbocycles. The second-order valence-corrected chi connectivity index (χ2v) is 9.28. The smallest absolute Gasteiger partial charge is 0.404 e. The first kappa shape index (κ1) is 28.2. The lowest BCUT2D eigenvalue weighted by Gasteiger charge is -2.13. The van der Waals surface area contributed by atoms with Gasteiger partial charge in [-0.15, -0.1) is 0 Å². The Labute approximate surface area is 236 Å². The Morgan fingerprint density at radius 2 is 1.85 bits per heavy atom. The van der Waals surface area contributed by atoms with Gasteiger partial charge in [-0.2, -0.15) is 5.26 Å². The fourth-order valence-corrected chi connectivity index (χ4v) is 4.13. The van der Waals surface area contributed by atoms with E-state index in [1.807, 2.05) is 6.07 Å². The molecule has 0 radical (unpaired) electrons. The number of H-pyrrole nitrogens is 1. The van der Waals surface area contributed by atoms with Gasteiger partial charge in [0.2, 0.25) is 5.91 Å². The van der Waals surface area contributed by atoms with E-state index in [1.54, 1.807) is 24.3 Å². The van der Waals surface area contributed by atoms with Gasteiger partial charge in [0.15, 0.2) is 11.6 Å². The number of amides is 3. The quantitative estimate of drug-likeness (QED) is 0.167. The van der Waals surface area contributed by atoms with Gasteiger partial charge in [-0.25, -0.2) is 9.18 Å². The number of ether oxygens (including phenoxy) is 1. The molecular weight excluding hydrogens is 564 g/mol. The number of hydrogen-bond donors (Lipinski definition) is 5. The van der Waals surface area contributed by atoms with E-state index in [0.29, 0.717) is 16.6 Å². The van der Waals surface area contributed by atoms with E-state index in [9.17, 15) is 14.4 Å². The Bertz CT molecular complexity index is 1670. The van der Waals surface area contributed by atoms with E-state index < -0.39 is 17.8 Å². The monoisotopic (exact) mass is 583 g/mol. The van der Waals surface area contributed by atoms with Gasteiger partial charge < -0.3 is 30.8 Å². The first-order chi connectivity index (χ1) is 19.1. The van der Waals surface area contributed by atoms with Crippen molar-refractivity contribution in [1.29, 1.82) is 5.26 Å². The molecule has 0 aliphatic heterocycles.